The Morgan fingerprint density at radius 3 is 2.84 bits per heavy atom. The normalized spacial score (nSPS) is 14.6. The van der Waals surface area contributed by atoms with E-state index in [4.69, 9.17) is 0 Å². The number of hydrogen-bond acceptors (Lipinski definition) is 4. The van der Waals surface area contributed by atoms with E-state index in [-0.39, 0.29) is 15.7 Å². The summed E-state index contributed by atoms with van der Waals surface area (Å²) >= 11 is 3.14. The second-order valence-corrected chi connectivity index (χ2v) is 5.58. The van der Waals surface area contributed by atoms with E-state index < -0.39 is 4.92 Å². The fourth-order valence-corrected chi connectivity index (χ4v) is 2.33. The summed E-state index contributed by atoms with van der Waals surface area (Å²) in [6.07, 6.45) is 4.56. The average molecular weight is 330 g/mol. The largest absolute Gasteiger partial charge is 0.314 e. The molecule has 2 rings (SSSR count). The molecule has 1 N–H and O–H groups in total. The minimum Gasteiger partial charge on any atom is -0.314 e. The minimum absolute atomic E-state index is 0.0263. The Labute approximate surface area is 119 Å². The van der Waals surface area contributed by atoms with Crippen molar-refractivity contribution < 1.29 is 4.92 Å². The molecular formula is C12H16BrN3O3. The molecule has 0 atom stereocenters. The lowest BCUT2D eigenvalue weighted by molar-refractivity contribution is -0.386. The zero-order valence-corrected chi connectivity index (χ0v) is 12.3. The van der Waals surface area contributed by atoms with Gasteiger partial charge in [0.2, 0.25) is 0 Å². The minimum atomic E-state index is -0.460. The van der Waals surface area contributed by atoms with Gasteiger partial charge in [0.25, 0.3) is 11.2 Å². The molecule has 19 heavy (non-hydrogen) atoms. The van der Waals surface area contributed by atoms with Crippen molar-refractivity contribution >= 4 is 21.6 Å². The molecule has 1 aromatic heterocycles. The molecule has 7 heteroatoms. The summed E-state index contributed by atoms with van der Waals surface area (Å²) in [6.45, 7) is 2.89. The van der Waals surface area contributed by atoms with E-state index in [1.165, 1.54) is 23.6 Å². The molecule has 6 nitrogen and oxygen atoms in total. The quantitative estimate of drug-likeness (QED) is 0.491. The van der Waals surface area contributed by atoms with E-state index >= 15 is 0 Å². The molecule has 1 aliphatic rings. The van der Waals surface area contributed by atoms with Gasteiger partial charge in [-0.1, -0.05) is 0 Å². The first-order valence-electron chi connectivity index (χ1n) is 6.28. The van der Waals surface area contributed by atoms with E-state index in [9.17, 15) is 14.9 Å². The van der Waals surface area contributed by atoms with Crippen LogP contribution < -0.4 is 10.9 Å². The first-order valence-corrected chi connectivity index (χ1v) is 7.07. The third-order valence-corrected chi connectivity index (χ3v) is 4.16. The Morgan fingerprint density at radius 1 is 1.58 bits per heavy atom. The molecule has 0 aliphatic heterocycles. The highest BCUT2D eigenvalue weighted by Crippen LogP contribution is 2.22. The van der Waals surface area contributed by atoms with Crippen LogP contribution in [0.1, 0.15) is 24.8 Å². The zero-order valence-electron chi connectivity index (χ0n) is 10.7. The maximum absolute atomic E-state index is 12.0. The van der Waals surface area contributed by atoms with Gasteiger partial charge >= 0.3 is 0 Å². The highest BCUT2D eigenvalue weighted by molar-refractivity contribution is 9.10. The van der Waals surface area contributed by atoms with Crippen molar-refractivity contribution in [2.45, 2.75) is 38.8 Å². The molecular weight excluding hydrogens is 314 g/mol. The van der Waals surface area contributed by atoms with Crippen molar-refractivity contribution in [3.8, 4) is 0 Å². The van der Waals surface area contributed by atoms with Gasteiger partial charge in [-0.3, -0.25) is 14.9 Å². The van der Waals surface area contributed by atoms with E-state index in [1.807, 2.05) is 0 Å². The number of hydrogen-bond donors (Lipinski definition) is 1. The third-order valence-electron chi connectivity index (χ3n) is 3.22. The van der Waals surface area contributed by atoms with E-state index in [1.54, 1.807) is 6.92 Å². The summed E-state index contributed by atoms with van der Waals surface area (Å²) in [5.74, 6) is 0. The predicted molar refractivity (Wildman–Crippen MR) is 75.4 cm³/mol. The Bertz CT molecular complexity index is 552. The summed E-state index contributed by atoms with van der Waals surface area (Å²) in [7, 11) is 0. The first-order chi connectivity index (χ1) is 9.00. The molecule has 0 saturated heterocycles. The molecule has 1 aliphatic carbocycles. The third kappa shape index (κ3) is 3.42. The number of aromatic nitrogens is 1. The van der Waals surface area contributed by atoms with Crippen LogP contribution in [0.3, 0.4) is 0 Å². The summed E-state index contributed by atoms with van der Waals surface area (Å²) < 4.78 is 1.68. The molecule has 0 unspecified atom stereocenters. The van der Waals surface area contributed by atoms with Crippen molar-refractivity contribution in [2.24, 2.45) is 0 Å². The van der Waals surface area contributed by atoms with Crippen molar-refractivity contribution in [3.05, 3.63) is 36.7 Å². The summed E-state index contributed by atoms with van der Waals surface area (Å²) in [4.78, 5) is 22.4. The molecule has 0 spiro atoms. The van der Waals surface area contributed by atoms with Gasteiger partial charge in [0.05, 0.1) is 15.6 Å². The monoisotopic (exact) mass is 329 g/mol. The molecule has 1 fully saturated rings. The van der Waals surface area contributed by atoms with E-state index in [2.05, 4.69) is 21.2 Å². The van der Waals surface area contributed by atoms with Crippen molar-refractivity contribution in [2.75, 3.05) is 6.54 Å². The number of nitrogens with zero attached hydrogens (tertiary/aromatic N) is 2. The summed E-state index contributed by atoms with van der Waals surface area (Å²) in [5, 5.41) is 14.3. The Morgan fingerprint density at radius 2 is 2.26 bits per heavy atom. The SMILES string of the molecule is Cc1c([N+](=O)[O-])cn(CCCNC2CC2)c(=O)c1Br. The van der Waals surface area contributed by atoms with Gasteiger partial charge in [0, 0.05) is 18.2 Å². The van der Waals surface area contributed by atoms with Crippen LogP contribution in [-0.2, 0) is 6.54 Å². The number of nitro groups is 1. The molecule has 1 saturated carbocycles. The van der Waals surface area contributed by atoms with Crippen LogP contribution in [-0.4, -0.2) is 22.1 Å². The fraction of sp³-hybridized carbons (Fsp3) is 0.583. The number of aryl methyl sites for hydroxylation is 1. The average Bonchev–Trinajstić information content (AvgIpc) is 3.17. The highest BCUT2D eigenvalue weighted by Gasteiger charge is 2.20. The van der Waals surface area contributed by atoms with Gasteiger partial charge in [-0.25, -0.2) is 0 Å². The fourth-order valence-electron chi connectivity index (χ4n) is 1.90. The summed E-state index contributed by atoms with van der Waals surface area (Å²) in [5.41, 5.74) is 0.138. The molecule has 1 aromatic rings. The molecule has 0 aromatic carbocycles. The molecule has 1 heterocycles. The second kappa shape index (κ2) is 5.83. The Kier molecular flexibility index (Phi) is 4.36. The lowest BCUT2D eigenvalue weighted by atomic mass is 10.2. The Balaban J connectivity index is 2.09. The second-order valence-electron chi connectivity index (χ2n) is 4.79. The van der Waals surface area contributed by atoms with Crippen LogP contribution in [0.4, 0.5) is 5.69 Å². The van der Waals surface area contributed by atoms with Crippen LogP contribution in [0.5, 0.6) is 0 Å². The van der Waals surface area contributed by atoms with E-state index in [0.717, 1.165) is 13.0 Å². The first kappa shape index (κ1) is 14.2. The molecule has 104 valence electrons. The number of nitrogens with one attached hydrogen (secondary N) is 1. The van der Waals surface area contributed by atoms with Gasteiger partial charge < -0.3 is 9.88 Å². The smallest absolute Gasteiger partial charge is 0.289 e. The number of pyridine rings is 1. The lowest BCUT2D eigenvalue weighted by Crippen LogP contribution is -2.25. The molecule has 0 radical (unpaired) electrons. The van der Waals surface area contributed by atoms with Crippen molar-refractivity contribution in [1.82, 2.24) is 9.88 Å². The number of halogens is 1. The maximum Gasteiger partial charge on any atom is 0.289 e. The summed E-state index contributed by atoms with van der Waals surface area (Å²) in [6, 6.07) is 0.635. The molecule has 0 amide bonds. The van der Waals surface area contributed by atoms with E-state index in [0.29, 0.717) is 18.2 Å². The number of rotatable bonds is 6. The van der Waals surface area contributed by atoms with Crippen LogP contribution in [0, 0.1) is 17.0 Å². The van der Waals surface area contributed by atoms with Gasteiger partial charge in [-0.15, -0.1) is 0 Å². The Hall–Kier alpha value is -1.21. The highest BCUT2D eigenvalue weighted by atomic mass is 79.9. The predicted octanol–water partition coefficient (Wildman–Crippen LogP) is 1.97. The molecule has 0 bridgehead atoms. The van der Waals surface area contributed by atoms with Gasteiger partial charge in [0.1, 0.15) is 0 Å². The van der Waals surface area contributed by atoms with Gasteiger partial charge in [0.15, 0.2) is 0 Å². The van der Waals surface area contributed by atoms with Crippen LogP contribution in [0.15, 0.2) is 15.5 Å². The van der Waals surface area contributed by atoms with Crippen LogP contribution >= 0.6 is 15.9 Å². The zero-order chi connectivity index (χ0) is 14.0. The maximum atomic E-state index is 12.0. The standard InChI is InChI=1S/C12H16BrN3O3/c1-8-10(16(18)19)7-15(12(17)11(8)13)6-2-5-14-9-3-4-9/h7,9,14H,2-6H2,1H3. The van der Waals surface area contributed by atoms with Crippen molar-refractivity contribution in [1.29, 1.82) is 0 Å². The van der Waals surface area contributed by atoms with Crippen LogP contribution in [0.2, 0.25) is 0 Å². The van der Waals surface area contributed by atoms with Crippen molar-refractivity contribution in [3.63, 3.8) is 0 Å². The van der Waals surface area contributed by atoms with Gasteiger partial charge in [-0.2, -0.15) is 0 Å². The van der Waals surface area contributed by atoms with Crippen LogP contribution in [0.25, 0.3) is 0 Å². The van der Waals surface area contributed by atoms with Gasteiger partial charge in [-0.05, 0) is 48.7 Å². The topological polar surface area (TPSA) is 77.2 Å². The lowest BCUT2D eigenvalue weighted by Gasteiger charge is -2.09.